The number of hydrogen-bond donors (Lipinski definition) is 0. The van der Waals surface area contributed by atoms with E-state index in [1.54, 1.807) is 4.68 Å². The van der Waals surface area contributed by atoms with Gasteiger partial charge in [-0.05, 0) is 11.1 Å². The highest BCUT2D eigenvalue weighted by Crippen LogP contribution is 2.29. The van der Waals surface area contributed by atoms with Crippen LogP contribution in [0.4, 0.5) is 0 Å². The topological polar surface area (TPSA) is 54.3 Å². The molecule has 1 aromatic heterocycles. The maximum Gasteiger partial charge on any atom is 0.244 e. The van der Waals surface area contributed by atoms with Gasteiger partial charge in [0.1, 0.15) is 6.54 Å². The van der Waals surface area contributed by atoms with Crippen LogP contribution in [0.3, 0.4) is 0 Å². The first-order chi connectivity index (χ1) is 14.9. The van der Waals surface area contributed by atoms with Crippen molar-refractivity contribution in [1.82, 2.24) is 24.8 Å². The summed E-state index contributed by atoms with van der Waals surface area (Å²) in [5.74, 6) is 0.0981. The summed E-state index contributed by atoms with van der Waals surface area (Å²) >= 11 is 0. The van der Waals surface area contributed by atoms with Gasteiger partial charge in [-0.2, -0.15) is 0 Å². The molecular formula is C25H31N5O. The fraction of sp³-hybridized carbons (Fsp3) is 0.400. The Labute approximate surface area is 184 Å². The maximum atomic E-state index is 12.9. The zero-order valence-corrected chi connectivity index (χ0v) is 18.6. The molecule has 0 N–H and O–H groups in total. The van der Waals surface area contributed by atoms with E-state index < -0.39 is 0 Å². The average molecular weight is 418 g/mol. The second kappa shape index (κ2) is 9.02. The minimum Gasteiger partial charge on any atom is -0.339 e. The van der Waals surface area contributed by atoms with E-state index >= 15 is 0 Å². The lowest BCUT2D eigenvalue weighted by atomic mass is 9.93. The highest BCUT2D eigenvalue weighted by Gasteiger charge is 2.28. The molecule has 2 aromatic carbocycles. The van der Waals surface area contributed by atoms with Gasteiger partial charge in [-0.3, -0.25) is 9.69 Å². The molecule has 2 heterocycles. The van der Waals surface area contributed by atoms with E-state index in [1.807, 2.05) is 11.1 Å². The first-order valence-corrected chi connectivity index (χ1v) is 10.9. The Morgan fingerprint density at radius 1 is 0.903 bits per heavy atom. The second-order valence-corrected chi connectivity index (χ2v) is 9.19. The van der Waals surface area contributed by atoms with Crippen LogP contribution in [0.5, 0.6) is 0 Å². The van der Waals surface area contributed by atoms with Crippen molar-refractivity contribution in [2.75, 3.05) is 26.2 Å². The molecule has 3 aromatic rings. The Morgan fingerprint density at radius 2 is 1.45 bits per heavy atom. The predicted molar refractivity (Wildman–Crippen MR) is 122 cm³/mol. The van der Waals surface area contributed by atoms with Crippen molar-refractivity contribution >= 4 is 5.91 Å². The zero-order valence-electron chi connectivity index (χ0n) is 18.6. The van der Waals surface area contributed by atoms with Gasteiger partial charge in [0.25, 0.3) is 0 Å². The summed E-state index contributed by atoms with van der Waals surface area (Å²) < 4.78 is 1.66. The first kappa shape index (κ1) is 21.2. The summed E-state index contributed by atoms with van der Waals surface area (Å²) in [6.07, 6.45) is 1.88. The number of piperazine rings is 1. The van der Waals surface area contributed by atoms with Gasteiger partial charge in [-0.15, -0.1) is 5.10 Å². The van der Waals surface area contributed by atoms with Gasteiger partial charge in [0.15, 0.2) is 0 Å². The molecule has 4 rings (SSSR count). The van der Waals surface area contributed by atoms with Crippen LogP contribution in [-0.4, -0.2) is 56.9 Å². The summed E-state index contributed by atoms with van der Waals surface area (Å²) in [6, 6.07) is 21.4. The fourth-order valence-electron chi connectivity index (χ4n) is 4.07. The molecule has 0 spiro atoms. The molecule has 0 saturated carbocycles. The summed E-state index contributed by atoms with van der Waals surface area (Å²) in [7, 11) is 0. The van der Waals surface area contributed by atoms with Crippen LogP contribution in [0.15, 0.2) is 66.9 Å². The van der Waals surface area contributed by atoms with Crippen LogP contribution in [0.25, 0.3) is 0 Å². The van der Waals surface area contributed by atoms with Crippen molar-refractivity contribution in [3.05, 3.63) is 83.7 Å². The standard InChI is InChI=1S/C25H31N5O/c1-25(2,3)22-18-30(27-26-22)19-23(31)28-14-16-29(17-15-28)24(20-10-6-4-7-11-20)21-12-8-5-9-13-21/h4-13,18,24H,14-17,19H2,1-3H3. The zero-order chi connectivity index (χ0) is 21.8. The molecule has 1 fully saturated rings. The molecule has 1 aliphatic rings. The minimum atomic E-state index is -0.0726. The normalized spacial score (nSPS) is 15.4. The Balaban J connectivity index is 1.42. The van der Waals surface area contributed by atoms with E-state index in [9.17, 15) is 4.79 Å². The minimum absolute atomic E-state index is 0.0726. The number of nitrogens with zero attached hydrogens (tertiary/aromatic N) is 5. The first-order valence-electron chi connectivity index (χ1n) is 10.9. The molecule has 1 amide bonds. The molecule has 1 saturated heterocycles. The van der Waals surface area contributed by atoms with Gasteiger partial charge in [-0.1, -0.05) is 86.6 Å². The third-order valence-electron chi connectivity index (χ3n) is 5.87. The van der Waals surface area contributed by atoms with Gasteiger partial charge in [0.05, 0.1) is 11.7 Å². The molecule has 0 bridgehead atoms. The monoisotopic (exact) mass is 417 g/mol. The van der Waals surface area contributed by atoms with Crippen molar-refractivity contribution in [3.8, 4) is 0 Å². The van der Waals surface area contributed by atoms with Crippen molar-refractivity contribution in [2.45, 2.75) is 38.8 Å². The quantitative estimate of drug-likeness (QED) is 0.638. The average Bonchev–Trinajstić information content (AvgIpc) is 3.25. The van der Waals surface area contributed by atoms with Gasteiger partial charge >= 0.3 is 0 Å². The molecule has 162 valence electrons. The molecule has 1 aliphatic heterocycles. The number of amides is 1. The molecule has 31 heavy (non-hydrogen) atoms. The van der Waals surface area contributed by atoms with E-state index in [-0.39, 0.29) is 23.9 Å². The number of benzene rings is 2. The smallest absolute Gasteiger partial charge is 0.244 e. The van der Waals surface area contributed by atoms with Crippen molar-refractivity contribution in [3.63, 3.8) is 0 Å². The van der Waals surface area contributed by atoms with Crippen LogP contribution in [0.2, 0.25) is 0 Å². The molecule has 0 aliphatic carbocycles. The molecule has 6 heteroatoms. The summed E-state index contributed by atoms with van der Waals surface area (Å²) in [6.45, 7) is 9.64. The van der Waals surface area contributed by atoms with Crippen LogP contribution in [0, 0.1) is 0 Å². The SMILES string of the molecule is CC(C)(C)c1cn(CC(=O)N2CCN(C(c3ccccc3)c3ccccc3)CC2)nn1. The largest absolute Gasteiger partial charge is 0.339 e. The molecular weight excluding hydrogens is 386 g/mol. The van der Waals surface area contributed by atoms with Gasteiger partial charge < -0.3 is 4.90 Å². The number of carbonyl (C=O) groups is 1. The van der Waals surface area contributed by atoms with Crippen LogP contribution >= 0.6 is 0 Å². The van der Waals surface area contributed by atoms with Crippen LogP contribution in [-0.2, 0) is 16.8 Å². The van der Waals surface area contributed by atoms with E-state index in [0.29, 0.717) is 0 Å². The van der Waals surface area contributed by atoms with E-state index in [2.05, 4.69) is 96.6 Å². The summed E-state index contributed by atoms with van der Waals surface area (Å²) in [5.41, 5.74) is 3.40. The highest BCUT2D eigenvalue weighted by atomic mass is 16.2. The van der Waals surface area contributed by atoms with Crippen molar-refractivity contribution in [1.29, 1.82) is 0 Å². The lowest BCUT2D eigenvalue weighted by Gasteiger charge is -2.39. The summed E-state index contributed by atoms with van der Waals surface area (Å²) in [5, 5.41) is 8.37. The third-order valence-corrected chi connectivity index (χ3v) is 5.87. The van der Waals surface area contributed by atoms with Gasteiger partial charge in [0.2, 0.25) is 5.91 Å². The Bertz CT molecular complexity index is 946. The van der Waals surface area contributed by atoms with Crippen LogP contribution < -0.4 is 0 Å². The fourth-order valence-corrected chi connectivity index (χ4v) is 4.07. The third kappa shape index (κ3) is 5.02. The molecule has 6 nitrogen and oxygen atoms in total. The van der Waals surface area contributed by atoms with Crippen molar-refractivity contribution in [2.24, 2.45) is 0 Å². The van der Waals surface area contributed by atoms with Crippen molar-refractivity contribution < 1.29 is 4.79 Å². The summed E-state index contributed by atoms with van der Waals surface area (Å²) in [4.78, 5) is 17.3. The Kier molecular flexibility index (Phi) is 6.18. The maximum absolute atomic E-state index is 12.9. The van der Waals surface area contributed by atoms with Crippen LogP contribution in [0.1, 0.15) is 43.6 Å². The van der Waals surface area contributed by atoms with Gasteiger partial charge in [0, 0.05) is 37.8 Å². The number of hydrogen-bond acceptors (Lipinski definition) is 4. The Hall–Kier alpha value is -2.99. The molecule has 0 unspecified atom stereocenters. The molecule has 0 radical (unpaired) electrons. The predicted octanol–water partition coefficient (Wildman–Crippen LogP) is 3.51. The second-order valence-electron chi connectivity index (χ2n) is 9.19. The molecule has 0 atom stereocenters. The number of carbonyl (C=O) groups excluding carboxylic acids is 1. The van der Waals surface area contributed by atoms with Gasteiger partial charge in [-0.25, -0.2) is 4.68 Å². The lowest BCUT2D eigenvalue weighted by molar-refractivity contribution is -0.134. The van der Waals surface area contributed by atoms with E-state index in [0.717, 1.165) is 31.9 Å². The van der Waals surface area contributed by atoms with E-state index in [4.69, 9.17) is 0 Å². The Morgan fingerprint density at radius 3 is 1.94 bits per heavy atom. The highest BCUT2D eigenvalue weighted by molar-refractivity contribution is 5.76. The number of rotatable bonds is 5. The lowest BCUT2D eigenvalue weighted by Crippen LogP contribution is -2.50. The van der Waals surface area contributed by atoms with E-state index in [1.165, 1.54) is 11.1 Å². The number of aromatic nitrogens is 3.